The topological polar surface area (TPSA) is 69.0 Å². The van der Waals surface area contributed by atoms with E-state index in [2.05, 4.69) is 15.4 Å². The minimum absolute atomic E-state index is 0.159. The molecule has 2 aromatic carbocycles. The van der Waals surface area contributed by atoms with Gasteiger partial charge in [0.1, 0.15) is 5.75 Å². The molecule has 0 saturated heterocycles. The van der Waals surface area contributed by atoms with Gasteiger partial charge in [-0.25, -0.2) is 9.67 Å². The molecular formula is C20H22N4O2. The monoisotopic (exact) mass is 350 g/mol. The Labute approximate surface area is 152 Å². The second kappa shape index (κ2) is 8.29. The van der Waals surface area contributed by atoms with E-state index >= 15 is 0 Å². The zero-order chi connectivity index (χ0) is 18.4. The smallest absolute Gasteiger partial charge is 0.290 e. The molecule has 1 heterocycles. The third-order valence-corrected chi connectivity index (χ3v) is 3.77. The molecule has 0 spiro atoms. The summed E-state index contributed by atoms with van der Waals surface area (Å²) >= 11 is 0. The number of carbonyl (C=O) groups excluding carboxylic acids is 1. The molecule has 1 aromatic heterocycles. The van der Waals surface area contributed by atoms with Crippen LogP contribution in [0.1, 0.15) is 30.9 Å². The van der Waals surface area contributed by atoms with Crippen LogP contribution in [0.2, 0.25) is 0 Å². The van der Waals surface area contributed by atoms with Crippen molar-refractivity contribution in [2.24, 2.45) is 0 Å². The summed E-state index contributed by atoms with van der Waals surface area (Å²) in [6.45, 7) is 5.15. The number of ether oxygens (including phenoxy) is 1. The average molecular weight is 350 g/mol. The van der Waals surface area contributed by atoms with Crippen LogP contribution < -0.4 is 10.1 Å². The van der Waals surface area contributed by atoms with Crippen LogP contribution in [0.4, 0.5) is 0 Å². The molecule has 6 heteroatoms. The standard InChI is InChI=1S/C20H22N4O2/c1-3-14-21-20(25)18-22-19(15-8-6-5-7-9-15)24(23-18)16-10-12-17(13-11-16)26-4-2/h5-13H,3-4,14H2,1-2H3,(H,21,25). The van der Waals surface area contributed by atoms with Crippen molar-refractivity contribution in [3.8, 4) is 22.8 Å². The van der Waals surface area contributed by atoms with Crippen LogP contribution in [0, 0.1) is 0 Å². The summed E-state index contributed by atoms with van der Waals surface area (Å²) in [5, 5.41) is 7.26. The van der Waals surface area contributed by atoms with Crippen LogP contribution in [-0.2, 0) is 0 Å². The van der Waals surface area contributed by atoms with E-state index in [4.69, 9.17) is 4.74 Å². The van der Waals surface area contributed by atoms with Crippen LogP contribution in [0.5, 0.6) is 5.75 Å². The van der Waals surface area contributed by atoms with Gasteiger partial charge in [-0.3, -0.25) is 4.79 Å². The van der Waals surface area contributed by atoms with Gasteiger partial charge < -0.3 is 10.1 Å². The number of aromatic nitrogens is 3. The Hall–Kier alpha value is -3.15. The molecule has 0 bridgehead atoms. The lowest BCUT2D eigenvalue weighted by molar-refractivity contribution is 0.0943. The summed E-state index contributed by atoms with van der Waals surface area (Å²) in [4.78, 5) is 16.8. The van der Waals surface area contributed by atoms with Gasteiger partial charge in [0.2, 0.25) is 5.82 Å². The summed E-state index contributed by atoms with van der Waals surface area (Å²) in [7, 11) is 0. The van der Waals surface area contributed by atoms with E-state index in [-0.39, 0.29) is 11.7 Å². The Kier molecular flexibility index (Phi) is 5.63. The van der Waals surface area contributed by atoms with E-state index in [1.165, 1.54) is 0 Å². The molecule has 3 rings (SSSR count). The van der Waals surface area contributed by atoms with Crippen molar-refractivity contribution in [3.05, 3.63) is 60.4 Å². The van der Waals surface area contributed by atoms with Crippen molar-refractivity contribution >= 4 is 5.91 Å². The normalized spacial score (nSPS) is 10.5. The quantitative estimate of drug-likeness (QED) is 0.708. The maximum atomic E-state index is 12.3. The average Bonchev–Trinajstić information content (AvgIpc) is 3.13. The number of nitrogens with zero attached hydrogens (tertiary/aromatic N) is 3. The minimum atomic E-state index is -0.270. The Balaban J connectivity index is 2.01. The Morgan fingerprint density at radius 3 is 2.46 bits per heavy atom. The molecule has 1 N–H and O–H groups in total. The van der Waals surface area contributed by atoms with Crippen LogP contribution in [0.3, 0.4) is 0 Å². The van der Waals surface area contributed by atoms with Crippen LogP contribution >= 0.6 is 0 Å². The van der Waals surface area contributed by atoms with Crippen molar-refractivity contribution < 1.29 is 9.53 Å². The van der Waals surface area contributed by atoms with Gasteiger partial charge in [0, 0.05) is 12.1 Å². The number of carbonyl (C=O) groups is 1. The Bertz CT molecular complexity index is 857. The summed E-state index contributed by atoms with van der Waals surface area (Å²) in [6, 6.07) is 17.3. The van der Waals surface area contributed by atoms with Gasteiger partial charge in [-0.15, -0.1) is 5.10 Å². The summed E-state index contributed by atoms with van der Waals surface area (Å²) in [6.07, 6.45) is 0.858. The highest BCUT2D eigenvalue weighted by atomic mass is 16.5. The van der Waals surface area contributed by atoms with Crippen LogP contribution in [0.15, 0.2) is 54.6 Å². The van der Waals surface area contributed by atoms with E-state index < -0.39 is 0 Å². The summed E-state index contributed by atoms with van der Waals surface area (Å²) in [5.41, 5.74) is 1.71. The van der Waals surface area contributed by atoms with Gasteiger partial charge in [0.15, 0.2) is 5.82 Å². The SMILES string of the molecule is CCCNC(=O)c1nc(-c2ccccc2)n(-c2ccc(OCC)cc2)n1. The molecule has 0 aliphatic rings. The third-order valence-electron chi connectivity index (χ3n) is 3.77. The largest absolute Gasteiger partial charge is 0.494 e. The molecule has 0 saturated carbocycles. The molecule has 134 valence electrons. The summed E-state index contributed by atoms with van der Waals surface area (Å²) < 4.78 is 7.18. The van der Waals surface area contributed by atoms with Crippen molar-refractivity contribution in [2.75, 3.05) is 13.2 Å². The first-order valence-corrected chi connectivity index (χ1v) is 8.76. The lowest BCUT2D eigenvalue weighted by Crippen LogP contribution is -2.25. The lowest BCUT2D eigenvalue weighted by Gasteiger charge is -2.07. The van der Waals surface area contributed by atoms with Gasteiger partial charge in [-0.1, -0.05) is 37.3 Å². The fourth-order valence-corrected chi connectivity index (χ4v) is 2.53. The molecule has 3 aromatic rings. The highest BCUT2D eigenvalue weighted by Crippen LogP contribution is 2.22. The molecule has 0 unspecified atom stereocenters. The Morgan fingerprint density at radius 1 is 1.08 bits per heavy atom. The van der Waals surface area contributed by atoms with E-state index in [9.17, 15) is 4.79 Å². The minimum Gasteiger partial charge on any atom is -0.494 e. The van der Waals surface area contributed by atoms with Gasteiger partial charge >= 0.3 is 0 Å². The van der Waals surface area contributed by atoms with Crippen LogP contribution in [-0.4, -0.2) is 33.8 Å². The zero-order valence-corrected chi connectivity index (χ0v) is 15.0. The van der Waals surface area contributed by atoms with Gasteiger partial charge in [-0.2, -0.15) is 0 Å². The predicted molar refractivity (Wildman–Crippen MR) is 101 cm³/mol. The number of hydrogen-bond donors (Lipinski definition) is 1. The van der Waals surface area contributed by atoms with E-state index in [1.54, 1.807) is 4.68 Å². The second-order valence-corrected chi connectivity index (χ2v) is 5.72. The fraction of sp³-hybridized carbons (Fsp3) is 0.250. The maximum absolute atomic E-state index is 12.3. The lowest BCUT2D eigenvalue weighted by atomic mass is 10.2. The van der Waals surface area contributed by atoms with E-state index in [1.807, 2.05) is 68.4 Å². The zero-order valence-electron chi connectivity index (χ0n) is 15.0. The number of amides is 1. The van der Waals surface area contributed by atoms with Gasteiger partial charge in [0.05, 0.1) is 12.3 Å². The molecular weight excluding hydrogens is 328 g/mol. The van der Waals surface area contributed by atoms with E-state index in [0.29, 0.717) is 19.0 Å². The van der Waals surface area contributed by atoms with Gasteiger partial charge in [0.25, 0.3) is 5.91 Å². The second-order valence-electron chi connectivity index (χ2n) is 5.72. The molecule has 0 fully saturated rings. The molecule has 0 aliphatic carbocycles. The van der Waals surface area contributed by atoms with Crippen molar-refractivity contribution in [3.63, 3.8) is 0 Å². The molecule has 0 aliphatic heterocycles. The van der Waals surface area contributed by atoms with E-state index in [0.717, 1.165) is 23.4 Å². The molecule has 0 atom stereocenters. The van der Waals surface area contributed by atoms with Crippen molar-refractivity contribution in [1.29, 1.82) is 0 Å². The highest BCUT2D eigenvalue weighted by molar-refractivity contribution is 5.91. The number of hydrogen-bond acceptors (Lipinski definition) is 4. The van der Waals surface area contributed by atoms with Crippen LogP contribution in [0.25, 0.3) is 17.1 Å². The first kappa shape index (κ1) is 17.7. The first-order valence-electron chi connectivity index (χ1n) is 8.76. The van der Waals surface area contributed by atoms with Crippen molar-refractivity contribution in [2.45, 2.75) is 20.3 Å². The third kappa shape index (κ3) is 3.91. The highest BCUT2D eigenvalue weighted by Gasteiger charge is 2.18. The van der Waals surface area contributed by atoms with Gasteiger partial charge in [-0.05, 0) is 37.6 Å². The Morgan fingerprint density at radius 2 is 1.81 bits per heavy atom. The fourth-order valence-electron chi connectivity index (χ4n) is 2.53. The first-order chi connectivity index (χ1) is 12.7. The predicted octanol–water partition coefficient (Wildman–Crippen LogP) is 3.47. The van der Waals surface area contributed by atoms with Crippen molar-refractivity contribution in [1.82, 2.24) is 20.1 Å². The molecule has 6 nitrogen and oxygen atoms in total. The molecule has 26 heavy (non-hydrogen) atoms. The molecule has 0 radical (unpaired) electrons. The maximum Gasteiger partial charge on any atom is 0.290 e. The summed E-state index contributed by atoms with van der Waals surface area (Å²) in [5.74, 6) is 1.30. The number of benzene rings is 2. The number of rotatable bonds is 7. The number of nitrogens with one attached hydrogen (secondary N) is 1. The molecule has 1 amide bonds.